The monoisotopic (exact) mass is 445 g/mol. The SMILES string of the molecule is CNc1nccc(-c2cccnc2Oc2cc(C(=O)N[C@@H](C)C3CCCCC3)ccc2C)n1. The molecular formula is C26H31N5O2. The van der Waals surface area contributed by atoms with Crippen molar-refractivity contribution in [3.05, 3.63) is 59.9 Å². The topological polar surface area (TPSA) is 89.0 Å². The van der Waals surface area contributed by atoms with E-state index in [0.717, 1.165) is 11.1 Å². The first-order chi connectivity index (χ1) is 16.0. The van der Waals surface area contributed by atoms with E-state index in [0.29, 0.717) is 34.8 Å². The maximum atomic E-state index is 13.0. The normalized spacial score (nSPS) is 15.0. The average Bonchev–Trinajstić information content (AvgIpc) is 2.86. The van der Waals surface area contributed by atoms with Crippen molar-refractivity contribution < 1.29 is 9.53 Å². The highest BCUT2D eigenvalue weighted by atomic mass is 16.5. The molecule has 1 aliphatic rings. The second kappa shape index (κ2) is 10.4. The Bertz CT molecular complexity index is 1110. The van der Waals surface area contributed by atoms with Gasteiger partial charge in [0.15, 0.2) is 0 Å². The Balaban J connectivity index is 1.55. The van der Waals surface area contributed by atoms with E-state index < -0.39 is 0 Å². The molecule has 2 heterocycles. The predicted molar refractivity (Wildman–Crippen MR) is 130 cm³/mol. The van der Waals surface area contributed by atoms with E-state index in [-0.39, 0.29) is 11.9 Å². The smallest absolute Gasteiger partial charge is 0.251 e. The van der Waals surface area contributed by atoms with Crippen molar-refractivity contribution in [3.8, 4) is 22.9 Å². The molecule has 2 N–H and O–H groups in total. The summed E-state index contributed by atoms with van der Waals surface area (Å²) in [4.78, 5) is 26.1. The van der Waals surface area contributed by atoms with Gasteiger partial charge in [-0.15, -0.1) is 0 Å². The zero-order valence-corrected chi connectivity index (χ0v) is 19.5. The number of pyridine rings is 1. The maximum Gasteiger partial charge on any atom is 0.251 e. The summed E-state index contributed by atoms with van der Waals surface area (Å²) in [6, 6.07) is 11.2. The van der Waals surface area contributed by atoms with Crippen LogP contribution in [0.5, 0.6) is 11.6 Å². The first-order valence-corrected chi connectivity index (χ1v) is 11.6. The van der Waals surface area contributed by atoms with Crippen LogP contribution in [0, 0.1) is 12.8 Å². The fourth-order valence-electron chi connectivity index (χ4n) is 4.29. The number of carbonyl (C=O) groups excluding carboxylic acids is 1. The Kier molecular flexibility index (Phi) is 7.17. The Morgan fingerprint density at radius 1 is 1.09 bits per heavy atom. The number of carbonyl (C=O) groups is 1. The number of amides is 1. The van der Waals surface area contributed by atoms with Crippen molar-refractivity contribution in [1.29, 1.82) is 0 Å². The highest BCUT2D eigenvalue weighted by Crippen LogP contribution is 2.32. The summed E-state index contributed by atoms with van der Waals surface area (Å²) in [7, 11) is 1.77. The molecule has 0 aliphatic heterocycles. The molecule has 7 heteroatoms. The minimum atomic E-state index is -0.0753. The molecule has 4 rings (SSSR count). The summed E-state index contributed by atoms with van der Waals surface area (Å²) < 4.78 is 6.21. The number of anilines is 1. The third-order valence-electron chi connectivity index (χ3n) is 6.30. The van der Waals surface area contributed by atoms with E-state index in [4.69, 9.17) is 4.74 Å². The molecule has 1 aliphatic carbocycles. The lowest BCUT2D eigenvalue weighted by atomic mass is 9.84. The molecule has 172 valence electrons. The van der Waals surface area contributed by atoms with Crippen molar-refractivity contribution in [1.82, 2.24) is 20.3 Å². The molecule has 1 aromatic carbocycles. The van der Waals surface area contributed by atoms with Gasteiger partial charge in [0, 0.05) is 31.0 Å². The summed E-state index contributed by atoms with van der Waals surface area (Å²) in [5.41, 5.74) is 2.94. The van der Waals surface area contributed by atoms with Crippen molar-refractivity contribution in [2.75, 3.05) is 12.4 Å². The van der Waals surface area contributed by atoms with Crippen molar-refractivity contribution >= 4 is 11.9 Å². The molecule has 1 amide bonds. The van der Waals surface area contributed by atoms with Gasteiger partial charge in [0.05, 0.1) is 11.3 Å². The van der Waals surface area contributed by atoms with E-state index in [1.165, 1.54) is 32.1 Å². The Morgan fingerprint density at radius 3 is 2.70 bits per heavy atom. The van der Waals surface area contributed by atoms with Crippen LogP contribution in [0.1, 0.15) is 54.9 Å². The van der Waals surface area contributed by atoms with Crippen LogP contribution >= 0.6 is 0 Å². The number of hydrogen-bond donors (Lipinski definition) is 2. The van der Waals surface area contributed by atoms with Crippen LogP contribution in [-0.2, 0) is 0 Å². The maximum absolute atomic E-state index is 13.0. The van der Waals surface area contributed by atoms with Crippen molar-refractivity contribution in [2.45, 2.75) is 52.0 Å². The number of benzene rings is 1. The van der Waals surface area contributed by atoms with Crippen LogP contribution in [0.25, 0.3) is 11.3 Å². The minimum absolute atomic E-state index is 0.0753. The van der Waals surface area contributed by atoms with E-state index in [1.807, 2.05) is 37.3 Å². The average molecular weight is 446 g/mol. The fraction of sp³-hybridized carbons (Fsp3) is 0.385. The van der Waals surface area contributed by atoms with Gasteiger partial charge >= 0.3 is 0 Å². The first-order valence-electron chi connectivity index (χ1n) is 11.6. The zero-order chi connectivity index (χ0) is 23.2. The third-order valence-corrected chi connectivity index (χ3v) is 6.30. The summed E-state index contributed by atoms with van der Waals surface area (Å²) >= 11 is 0. The Labute approximate surface area is 195 Å². The first kappa shape index (κ1) is 22.7. The van der Waals surface area contributed by atoms with Crippen LogP contribution in [-0.4, -0.2) is 33.9 Å². The quantitative estimate of drug-likeness (QED) is 0.508. The van der Waals surface area contributed by atoms with Gasteiger partial charge in [-0.3, -0.25) is 4.79 Å². The minimum Gasteiger partial charge on any atom is -0.438 e. The number of rotatable bonds is 7. The molecule has 2 aromatic heterocycles. The van der Waals surface area contributed by atoms with Gasteiger partial charge in [-0.25, -0.2) is 15.0 Å². The number of nitrogens with one attached hydrogen (secondary N) is 2. The highest BCUT2D eigenvalue weighted by Gasteiger charge is 2.22. The molecule has 1 fully saturated rings. The third kappa shape index (κ3) is 5.48. The summed E-state index contributed by atoms with van der Waals surface area (Å²) in [5.74, 6) is 2.01. The number of aromatic nitrogens is 3. The summed E-state index contributed by atoms with van der Waals surface area (Å²) in [6.45, 7) is 4.06. The van der Waals surface area contributed by atoms with Crippen LogP contribution in [0.3, 0.4) is 0 Å². The second-order valence-corrected chi connectivity index (χ2v) is 8.61. The lowest BCUT2D eigenvalue weighted by Crippen LogP contribution is -2.38. The molecule has 3 aromatic rings. The predicted octanol–water partition coefficient (Wildman–Crippen LogP) is 5.38. The Hall–Kier alpha value is -3.48. The van der Waals surface area contributed by atoms with Crippen molar-refractivity contribution in [3.63, 3.8) is 0 Å². The molecule has 0 unspecified atom stereocenters. The molecular weight excluding hydrogens is 414 g/mol. The zero-order valence-electron chi connectivity index (χ0n) is 19.5. The van der Waals surface area contributed by atoms with Crippen LogP contribution in [0.4, 0.5) is 5.95 Å². The second-order valence-electron chi connectivity index (χ2n) is 8.61. The molecule has 0 spiro atoms. The number of aryl methyl sites for hydroxylation is 1. The van der Waals surface area contributed by atoms with Crippen molar-refractivity contribution in [2.24, 2.45) is 5.92 Å². The molecule has 1 atom stereocenters. The summed E-state index contributed by atoms with van der Waals surface area (Å²) in [5, 5.41) is 6.14. The van der Waals surface area contributed by atoms with E-state index >= 15 is 0 Å². The van der Waals surface area contributed by atoms with Gasteiger partial charge in [-0.05, 0) is 68.5 Å². The number of nitrogens with zero attached hydrogens (tertiary/aromatic N) is 3. The molecule has 0 saturated heterocycles. The van der Waals surface area contributed by atoms with Gasteiger partial charge in [-0.2, -0.15) is 0 Å². The van der Waals surface area contributed by atoms with Gasteiger partial charge in [0.1, 0.15) is 5.75 Å². The lowest BCUT2D eigenvalue weighted by molar-refractivity contribution is 0.0919. The van der Waals surface area contributed by atoms with E-state index in [2.05, 4.69) is 32.5 Å². The van der Waals surface area contributed by atoms with Gasteiger partial charge < -0.3 is 15.4 Å². The Morgan fingerprint density at radius 2 is 1.91 bits per heavy atom. The number of hydrogen-bond acceptors (Lipinski definition) is 6. The van der Waals surface area contributed by atoms with Gasteiger partial charge in [0.2, 0.25) is 11.8 Å². The molecule has 33 heavy (non-hydrogen) atoms. The van der Waals surface area contributed by atoms with Gasteiger partial charge in [-0.1, -0.05) is 25.3 Å². The standard InChI is InChI=1S/C26H31N5O2/c1-17-11-12-20(24(32)30-18(2)19-8-5-4-6-9-19)16-23(17)33-25-21(10-7-14-28-25)22-13-15-29-26(27-3)31-22/h7,10-16,18-19H,4-6,8-9H2,1-3H3,(H,30,32)(H,27,29,31)/t18-/m0/s1. The van der Waals surface area contributed by atoms with Crippen LogP contribution in [0.15, 0.2) is 48.8 Å². The van der Waals surface area contributed by atoms with E-state index in [9.17, 15) is 4.79 Å². The highest BCUT2D eigenvalue weighted by molar-refractivity contribution is 5.95. The fourth-order valence-corrected chi connectivity index (χ4v) is 4.29. The van der Waals surface area contributed by atoms with E-state index in [1.54, 1.807) is 25.5 Å². The van der Waals surface area contributed by atoms with Crippen LogP contribution < -0.4 is 15.4 Å². The molecule has 0 radical (unpaired) electrons. The number of ether oxygens (including phenoxy) is 1. The summed E-state index contributed by atoms with van der Waals surface area (Å²) in [6.07, 6.45) is 9.54. The largest absolute Gasteiger partial charge is 0.438 e. The lowest BCUT2D eigenvalue weighted by Gasteiger charge is -2.28. The molecule has 0 bridgehead atoms. The van der Waals surface area contributed by atoms with Crippen LogP contribution in [0.2, 0.25) is 0 Å². The molecule has 1 saturated carbocycles. The molecule has 7 nitrogen and oxygen atoms in total. The van der Waals surface area contributed by atoms with Gasteiger partial charge in [0.25, 0.3) is 5.91 Å².